The number of hydrogen-bond acceptors (Lipinski definition) is 3. The first-order valence-electron chi connectivity index (χ1n) is 5.58. The van der Waals surface area contributed by atoms with Gasteiger partial charge in [0.05, 0.1) is 18.6 Å². The Morgan fingerprint density at radius 3 is 2.84 bits per heavy atom. The molecule has 2 heterocycles. The molecular formula is C13H9F2N3O. The maximum absolute atomic E-state index is 13.1. The molecule has 3 aromatic rings. The Balaban J connectivity index is 1.86. The van der Waals surface area contributed by atoms with Crippen LogP contribution in [0.3, 0.4) is 0 Å². The van der Waals surface area contributed by atoms with Crippen LogP contribution in [-0.2, 0) is 6.54 Å². The molecule has 0 amide bonds. The van der Waals surface area contributed by atoms with Crippen molar-refractivity contribution in [1.82, 2.24) is 14.5 Å². The van der Waals surface area contributed by atoms with Gasteiger partial charge >= 0.3 is 0 Å². The maximum Gasteiger partial charge on any atom is 0.226 e. The van der Waals surface area contributed by atoms with Crippen LogP contribution in [0.25, 0.3) is 11.5 Å². The van der Waals surface area contributed by atoms with Gasteiger partial charge in [-0.05, 0) is 18.2 Å². The van der Waals surface area contributed by atoms with Gasteiger partial charge < -0.3 is 8.98 Å². The molecule has 0 radical (unpaired) electrons. The van der Waals surface area contributed by atoms with Crippen molar-refractivity contribution in [2.45, 2.75) is 6.54 Å². The minimum absolute atomic E-state index is 0.258. The predicted molar refractivity (Wildman–Crippen MR) is 63.2 cm³/mol. The highest BCUT2D eigenvalue weighted by Crippen LogP contribution is 2.21. The van der Waals surface area contributed by atoms with Crippen LogP contribution in [0.5, 0.6) is 0 Å². The van der Waals surface area contributed by atoms with Gasteiger partial charge in [-0.15, -0.1) is 0 Å². The van der Waals surface area contributed by atoms with E-state index in [1.54, 1.807) is 18.7 Å². The van der Waals surface area contributed by atoms with Crippen molar-refractivity contribution in [2.24, 2.45) is 0 Å². The molecule has 0 saturated heterocycles. The summed E-state index contributed by atoms with van der Waals surface area (Å²) in [5.41, 5.74) is 1.08. The zero-order valence-corrected chi connectivity index (χ0v) is 9.75. The van der Waals surface area contributed by atoms with Crippen LogP contribution in [0.15, 0.2) is 47.6 Å². The number of aromatic nitrogens is 3. The average molecular weight is 261 g/mol. The maximum atomic E-state index is 13.1. The highest BCUT2D eigenvalue weighted by Gasteiger charge is 2.10. The third kappa shape index (κ3) is 2.37. The molecule has 0 aliphatic heterocycles. The fourth-order valence-electron chi connectivity index (χ4n) is 1.71. The fraction of sp³-hybridized carbons (Fsp3) is 0.0769. The van der Waals surface area contributed by atoms with Crippen molar-refractivity contribution in [3.05, 3.63) is 60.5 Å². The molecule has 0 unspecified atom stereocenters. The van der Waals surface area contributed by atoms with Crippen LogP contribution in [0, 0.1) is 11.6 Å². The SMILES string of the molecule is Fc1ccc(-c2nc(Cn3ccnc3)co2)cc1F. The zero-order valence-electron chi connectivity index (χ0n) is 9.75. The van der Waals surface area contributed by atoms with Gasteiger partial charge in [0, 0.05) is 18.0 Å². The van der Waals surface area contributed by atoms with E-state index in [0.29, 0.717) is 17.8 Å². The van der Waals surface area contributed by atoms with Crippen molar-refractivity contribution in [3.8, 4) is 11.5 Å². The second-order valence-electron chi connectivity index (χ2n) is 4.01. The summed E-state index contributed by atoms with van der Waals surface area (Å²) < 4.78 is 33.0. The number of imidazole rings is 1. The smallest absolute Gasteiger partial charge is 0.226 e. The Labute approximate surface area is 107 Å². The predicted octanol–water partition coefficient (Wildman–Crippen LogP) is 2.86. The van der Waals surface area contributed by atoms with Crippen molar-refractivity contribution < 1.29 is 13.2 Å². The van der Waals surface area contributed by atoms with Crippen molar-refractivity contribution >= 4 is 0 Å². The van der Waals surface area contributed by atoms with E-state index < -0.39 is 11.6 Å². The van der Waals surface area contributed by atoms with Crippen LogP contribution < -0.4 is 0 Å². The van der Waals surface area contributed by atoms with E-state index in [4.69, 9.17) is 4.42 Å². The molecule has 96 valence electrons. The van der Waals surface area contributed by atoms with E-state index in [1.807, 2.05) is 4.57 Å². The second kappa shape index (κ2) is 4.64. The molecule has 0 aliphatic rings. The average Bonchev–Trinajstić information content (AvgIpc) is 3.05. The Kier molecular flexibility index (Phi) is 2.83. The van der Waals surface area contributed by atoms with Gasteiger partial charge in [-0.1, -0.05) is 0 Å². The van der Waals surface area contributed by atoms with Crippen LogP contribution in [-0.4, -0.2) is 14.5 Å². The summed E-state index contributed by atoms with van der Waals surface area (Å²) in [5.74, 6) is -1.56. The van der Waals surface area contributed by atoms with Gasteiger partial charge in [0.1, 0.15) is 6.26 Å². The molecule has 0 bridgehead atoms. The summed E-state index contributed by atoms with van der Waals surface area (Å²) in [6, 6.07) is 3.53. The van der Waals surface area contributed by atoms with Crippen LogP contribution >= 0.6 is 0 Å². The van der Waals surface area contributed by atoms with E-state index >= 15 is 0 Å². The van der Waals surface area contributed by atoms with Gasteiger partial charge in [-0.2, -0.15) is 0 Å². The monoisotopic (exact) mass is 261 g/mol. The molecule has 1 aromatic carbocycles. The summed E-state index contributed by atoms with van der Waals surface area (Å²) in [6.07, 6.45) is 6.60. The van der Waals surface area contributed by atoms with Crippen LogP contribution in [0.1, 0.15) is 5.69 Å². The lowest BCUT2D eigenvalue weighted by Crippen LogP contribution is -1.96. The summed E-state index contributed by atoms with van der Waals surface area (Å²) in [7, 11) is 0. The van der Waals surface area contributed by atoms with Gasteiger partial charge in [-0.3, -0.25) is 0 Å². The minimum Gasteiger partial charge on any atom is -0.444 e. The van der Waals surface area contributed by atoms with Crippen LogP contribution in [0.2, 0.25) is 0 Å². The molecular weight excluding hydrogens is 252 g/mol. The van der Waals surface area contributed by atoms with Gasteiger partial charge in [-0.25, -0.2) is 18.7 Å². The topological polar surface area (TPSA) is 43.9 Å². The second-order valence-corrected chi connectivity index (χ2v) is 4.01. The first-order valence-corrected chi connectivity index (χ1v) is 5.58. The normalized spacial score (nSPS) is 10.8. The molecule has 6 heteroatoms. The number of oxazole rings is 1. The van der Waals surface area contributed by atoms with E-state index in [-0.39, 0.29) is 5.89 Å². The van der Waals surface area contributed by atoms with Gasteiger partial charge in [0.15, 0.2) is 11.6 Å². The lowest BCUT2D eigenvalue weighted by molar-refractivity contribution is 0.507. The summed E-state index contributed by atoms with van der Waals surface area (Å²) in [6.45, 7) is 0.507. The zero-order chi connectivity index (χ0) is 13.2. The first kappa shape index (κ1) is 11.6. The molecule has 2 aromatic heterocycles. The quantitative estimate of drug-likeness (QED) is 0.728. The van der Waals surface area contributed by atoms with Crippen molar-refractivity contribution in [2.75, 3.05) is 0 Å². The third-order valence-corrected chi connectivity index (χ3v) is 2.62. The Bertz CT molecular complexity index is 692. The Hall–Kier alpha value is -2.50. The van der Waals surface area contributed by atoms with E-state index in [2.05, 4.69) is 9.97 Å². The van der Waals surface area contributed by atoms with Crippen molar-refractivity contribution in [3.63, 3.8) is 0 Å². The van der Waals surface area contributed by atoms with E-state index in [1.165, 1.54) is 12.3 Å². The minimum atomic E-state index is -0.924. The van der Waals surface area contributed by atoms with E-state index in [0.717, 1.165) is 12.1 Å². The molecule has 0 aliphatic carbocycles. The Morgan fingerprint density at radius 1 is 1.21 bits per heavy atom. The molecule has 3 rings (SSSR count). The highest BCUT2D eigenvalue weighted by molar-refractivity contribution is 5.53. The molecule has 0 fully saturated rings. The number of hydrogen-bond donors (Lipinski definition) is 0. The molecule has 0 spiro atoms. The lowest BCUT2D eigenvalue weighted by atomic mass is 10.2. The van der Waals surface area contributed by atoms with Gasteiger partial charge in [0.25, 0.3) is 0 Å². The largest absolute Gasteiger partial charge is 0.444 e. The number of halogens is 2. The first-order chi connectivity index (χ1) is 9.22. The van der Waals surface area contributed by atoms with Crippen molar-refractivity contribution in [1.29, 1.82) is 0 Å². The highest BCUT2D eigenvalue weighted by atomic mass is 19.2. The summed E-state index contributed by atoms with van der Waals surface area (Å²) >= 11 is 0. The van der Waals surface area contributed by atoms with Gasteiger partial charge in [0.2, 0.25) is 5.89 Å². The number of benzene rings is 1. The number of rotatable bonds is 3. The molecule has 4 nitrogen and oxygen atoms in total. The molecule has 0 N–H and O–H groups in total. The molecule has 0 atom stereocenters. The summed E-state index contributed by atoms with van der Waals surface area (Å²) in [4.78, 5) is 8.14. The van der Waals surface area contributed by atoms with Crippen LogP contribution in [0.4, 0.5) is 8.78 Å². The standard InChI is InChI=1S/C13H9F2N3O/c14-11-2-1-9(5-12(11)15)13-17-10(7-19-13)6-18-4-3-16-8-18/h1-5,7-8H,6H2. The number of nitrogens with zero attached hydrogens (tertiary/aromatic N) is 3. The molecule has 0 saturated carbocycles. The third-order valence-electron chi connectivity index (χ3n) is 2.62. The summed E-state index contributed by atoms with van der Waals surface area (Å²) in [5, 5.41) is 0. The molecule has 19 heavy (non-hydrogen) atoms. The van der Waals surface area contributed by atoms with E-state index in [9.17, 15) is 8.78 Å². The Morgan fingerprint density at radius 2 is 2.11 bits per heavy atom. The lowest BCUT2D eigenvalue weighted by Gasteiger charge is -1.97. The fourth-order valence-corrected chi connectivity index (χ4v) is 1.71.